The molecule has 3 aromatic rings. The van der Waals surface area contributed by atoms with Crippen LogP contribution < -0.4 is 15.0 Å². The van der Waals surface area contributed by atoms with Crippen LogP contribution >= 0.6 is 0 Å². The Labute approximate surface area is 153 Å². The number of para-hydroxylation sites is 2. The Morgan fingerprint density at radius 1 is 1.27 bits per heavy atom. The summed E-state index contributed by atoms with van der Waals surface area (Å²) in [6.45, 7) is 2.61. The summed E-state index contributed by atoms with van der Waals surface area (Å²) in [7, 11) is 2.10. The van der Waals surface area contributed by atoms with Crippen molar-refractivity contribution in [2.45, 2.75) is 18.9 Å². The molecule has 2 heterocycles. The monoisotopic (exact) mass is 353 g/mol. The van der Waals surface area contributed by atoms with Crippen molar-refractivity contribution >= 4 is 16.6 Å². The Morgan fingerprint density at radius 3 is 3.08 bits per heavy atom. The minimum atomic E-state index is -0.185. The second-order valence-corrected chi connectivity index (χ2v) is 6.90. The molecule has 0 radical (unpaired) electrons. The van der Waals surface area contributed by atoms with E-state index in [-0.39, 0.29) is 11.9 Å². The molecule has 136 valence electrons. The third-order valence-corrected chi connectivity index (χ3v) is 4.95. The highest BCUT2D eigenvalue weighted by atomic mass is 19.1. The molecule has 1 unspecified atom stereocenters. The normalized spacial score (nSPS) is 16.5. The van der Waals surface area contributed by atoms with Crippen molar-refractivity contribution in [1.82, 2.24) is 10.3 Å². The van der Waals surface area contributed by atoms with E-state index in [0.717, 1.165) is 54.8 Å². The largest absolute Gasteiger partial charge is 0.485 e. The van der Waals surface area contributed by atoms with Gasteiger partial charge in [-0.1, -0.05) is 12.1 Å². The smallest absolute Gasteiger partial charge is 0.143 e. The SMILES string of the molecule is CN1CC(CNCCCc2c[nH]c3ccc(F)cc23)Oc2ccccc21. The Balaban J connectivity index is 1.25. The quantitative estimate of drug-likeness (QED) is 0.664. The first-order chi connectivity index (χ1) is 12.7. The molecule has 5 heteroatoms. The molecule has 26 heavy (non-hydrogen) atoms. The lowest BCUT2D eigenvalue weighted by molar-refractivity contribution is 0.192. The van der Waals surface area contributed by atoms with Gasteiger partial charge in [0.25, 0.3) is 0 Å². The molecule has 0 bridgehead atoms. The summed E-state index contributed by atoms with van der Waals surface area (Å²) in [6, 6.07) is 13.0. The molecule has 0 saturated heterocycles. The molecular weight excluding hydrogens is 329 g/mol. The van der Waals surface area contributed by atoms with Gasteiger partial charge in [-0.15, -0.1) is 0 Å². The van der Waals surface area contributed by atoms with Crippen molar-refractivity contribution in [3.05, 3.63) is 60.0 Å². The average molecular weight is 353 g/mol. The highest BCUT2D eigenvalue weighted by Crippen LogP contribution is 2.31. The predicted molar refractivity (Wildman–Crippen MR) is 104 cm³/mol. The average Bonchev–Trinajstić information content (AvgIpc) is 3.04. The van der Waals surface area contributed by atoms with E-state index in [1.54, 1.807) is 12.1 Å². The van der Waals surface area contributed by atoms with E-state index in [9.17, 15) is 4.39 Å². The number of benzene rings is 2. The highest BCUT2D eigenvalue weighted by Gasteiger charge is 2.22. The Morgan fingerprint density at radius 2 is 2.15 bits per heavy atom. The van der Waals surface area contributed by atoms with Gasteiger partial charge in [0.2, 0.25) is 0 Å². The fourth-order valence-electron chi connectivity index (χ4n) is 3.62. The van der Waals surface area contributed by atoms with Crippen LogP contribution in [0.1, 0.15) is 12.0 Å². The molecule has 0 fully saturated rings. The summed E-state index contributed by atoms with van der Waals surface area (Å²) >= 11 is 0. The second-order valence-electron chi connectivity index (χ2n) is 6.90. The molecule has 0 aliphatic carbocycles. The maximum atomic E-state index is 13.4. The molecule has 2 aromatic carbocycles. The number of fused-ring (bicyclic) bond motifs is 2. The molecule has 0 spiro atoms. The van der Waals surface area contributed by atoms with Gasteiger partial charge in [0, 0.05) is 30.7 Å². The first kappa shape index (κ1) is 16.9. The van der Waals surface area contributed by atoms with Crippen molar-refractivity contribution in [3.8, 4) is 5.75 Å². The number of hydrogen-bond donors (Lipinski definition) is 2. The molecule has 4 nitrogen and oxygen atoms in total. The molecule has 4 rings (SSSR count). The number of rotatable bonds is 6. The number of nitrogens with one attached hydrogen (secondary N) is 2. The summed E-state index contributed by atoms with van der Waals surface area (Å²) in [5.41, 5.74) is 3.31. The molecule has 1 aliphatic rings. The lowest BCUT2D eigenvalue weighted by atomic mass is 10.1. The first-order valence-electron chi connectivity index (χ1n) is 9.14. The minimum Gasteiger partial charge on any atom is -0.485 e. The number of halogens is 1. The maximum absolute atomic E-state index is 13.4. The van der Waals surface area contributed by atoms with E-state index in [0.29, 0.717) is 0 Å². The number of aromatic nitrogens is 1. The van der Waals surface area contributed by atoms with Gasteiger partial charge in [0.15, 0.2) is 0 Å². The lowest BCUT2D eigenvalue weighted by Gasteiger charge is -2.33. The van der Waals surface area contributed by atoms with Gasteiger partial charge in [-0.05, 0) is 55.3 Å². The van der Waals surface area contributed by atoms with Gasteiger partial charge in [-0.3, -0.25) is 0 Å². The predicted octanol–water partition coefficient (Wildman–Crippen LogP) is 3.73. The van der Waals surface area contributed by atoms with Crippen LogP contribution in [0.25, 0.3) is 10.9 Å². The molecular formula is C21H24FN3O. The van der Waals surface area contributed by atoms with Crippen LogP contribution in [0.4, 0.5) is 10.1 Å². The molecule has 2 N–H and O–H groups in total. The third-order valence-electron chi connectivity index (χ3n) is 4.95. The fourth-order valence-corrected chi connectivity index (χ4v) is 3.62. The van der Waals surface area contributed by atoms with Crippen LogP contribution in [0.2, 0.25) is 0 Å². The van der Waals surface area contributed by atoms with Crippen molar-refractivity contribution in [1.29, 1.82) is 0 Å². The van der Waals surface area contributed by atoms with Gasteiger partial charge in [0.05, 0.1) is 12.2 Å². The van der Waals surface area contributed by atoms with Crippen molar-refractivity contribution < 1.29 is 9.13 Å². The first-order valence-corrected chi connectivity index (χ1v) is 9.14. The number of likely N-dealkylation sites (N-methyl/N-ethyl adjacent to an activating group) is 1. The second kappa shape index (κ2) is 7.38. The molecule has 1 atom stereocenters. The summed E-state index contributed by atoms with van der Waals surface area (Å²) in [6.07, 6.45) is 4.06. The van der Waals surface area contributed by atoms with E-state index < -0.39 is 0 Å². The van der Waals surface area contributed by atoms with Gasteiger partial charge in [-0.2, -0.15) is 0 Å². The van der Waals surface area contributed by atoms with E-state index in [4.69, 9.17) is 4.74 Å². The van der Waals surface area contributed by atoms with Crippen LogP contribution in [0, 0.1) is 5.82 Å². The van der Waals surface area contributed by atoms with Gasteiger partial charge in [-0.25, -0.2) is 4.39 Å². The molecule has 0 saturated carbocycles. The number of aromatic amines is 1. The lowest BCUT2D eigenvalue weighted by Crippen LogP contribution is -2.43. The van der Waals surface area contributed by atoms with Crippen LogP contribution in [-0.4, -0.2) is 37.8 Å². The number of anilines is 1. The maximum Gasteiger partial charge on any atom is 0.143 e. The van der Waals surface area contributed by atoms with Crippen LogP contribution in [-0.2, 0) is 6.42 Å². The zero-order chi connectivity index (χ0) is 17.9. The van der Waals surface area contributed by atoms with Gasteiger partial charge in [0.1, 0.15) is 17.7 Å². The summed E-state index contributed by atoms with van der Waals surface area (Å²) in [5.74, 6) is 0.768. The molecule has 1 aliphatic heterocycles. The number of H-pyrrole nitrogens is 1. The number of nitrogens with zero attached hydrogens (tertiary/aromatic N) is 1. The Bertz CT molecular complexity index is 892. The van der Waals surface area contributed by atoms with E-state index >= 15 is 0 Å². The van der Waals surface area contributed by atoms with E-state index in [2.05, 4.69) is 28.3 Å². The van der Waals surface area contributed by atoms with Gasteiger partial charge >= 0.3 is 0 Å². The van der Waals surface area contributed by atoms with E-state index in [1.807, 2.05) is 24.4 Å². The standard InChI is InChI=1S/C21H24FN3O/c1-25-14-17(26-21-7-3-2-6-20(21)25)13-23-10-4-5-15-12-24-19-9-8-16(22)11-18(15)19/h2-3,6-9,11-12,17,23-24H,4-5,10,13-14H2,1H3. The van der Waals surface area contributed by atoms with E-state index in [1.165, 1.54) is 11.6 Å². The van der Waals surface area contributed by atoms with Crippen LogP contribution in [0.3, 0.4) is 0 Å². The molecule has 1 aromatic heterocycles. The van der Waals surface area contributed by atoms with Crippen LogP contribution in [0.15, 0.2) is 48.7 Å². The Kier molecular flexibility index (Phi) is 4.80. The van der Waals surface area contributed by atoms with Crippen molar-refractivity contribution in [2.75, 3.05) is 31.6 Å². The fraction of sp³-hybridized carbons (Fsp3) is 0.333. The summed E-state index contributed by atoms with van der Waals surface area (Å²) in [4.78, 5) is 5.45. The summed E-state index contributed by atoms with van der Waals surface area (Å²) in [5, 5.41) is 4.48. The minimum absolute atomic E-state index is 0.150. The number of ether oxygens (including phenoxy) is 1. The topological polar surface area (TPSA) is 40.3 Å². The number of hydrogen-bond acceptors (Lipinski definition) is 3. The Hall–Kier alpha value is -2.53. The van der Waals surface area contributed by atoms with Gasteiger partial charge < -0.3 is 19.9 Å². The van der Waals surface area contributed by atoms with Crippen molar-refractivity contribution in [3.63, 3.8) is 0 Å². The third kappa shape index (κ3) is 3.53. The zero-order valence-electron chi connectivity index (χ0n) is 15.0. The van der Waals surface area contributed by atoms with Crippen molar-refractivity contribution in [2.24, 2.45) is 0 Å². The highest BCUT2D eigenvalue weighted by molar-refractivity contribution is 5.83. The van der Waals surface area contributed by atoms with Crippen LogP contribution in [0.5, 0.6) is 5.75 Å². The summed E-state index contributed by atoms with van der Waals surface area (Å²) < 4.78 is 19.5. The molecule has 0 amide bonds. The number of aryl methyl sites for hydroxylation is 1. The zero-order valence-corrected chi connectivity index (χ0v) is 15.0.